The van der Waals surface area contributed by atoms with Crippen molar-refractivity contribution < 1.29 is 28.9 Å². The van der Waals surface area contributed by atoms with Gasteiger partial charge in [-0.15, -0.1) is 0 Å². The van der Waals surface area contributed by atoms with E-state index in [-0.39, 0.29) is 43.7 Å². The number of carboxylic acid groups (broad SMARTS) is 1. The molecule has 1 aromatic carbocycles. The topological polar surface area (TPSA) is 104 Å². The molecule has 27 heavy (non-hydrogen) atoms. The lowest BCUT2D eigenvalue weighted by molar-refractivity contribution is -0.146. The molecule has 1 unspecified atom stereocenters. The molecule has 8 heteroatoms. The van der Waals surface area contributed by atoms with E-state index in [4.69, 9.17) is 14.2 Å². The van der Waals surface area contributed by atoms with Crippen molar-refractivity contribution in [1.29, 1.82) is 0 Å². The molecule has 0 amide bonds. The second kappa shape index (κ2) is 7.30. The number of aryl methyl sites for hydroxylation is 1. The van der Waals surface area contributed by atoms with Crippen LogP contribution in [0.4, 0.5) is 0 Å². The van der Waals surface area contributed by atoms with Crippen molar-refractivity contribution in [3.05, 3.63) is 34.1 Å². The number of rotatable bonds is 8. The highest BCUT2D eigenvalue weighted by molar-refractivity contribution is 5.87. The monoisotopic (exact) mass is 375 g/mol. The Morgan fingerprint density at radius 2 is 2.04 bits per heavy atom. The number of hydrogen-bond donors (Lipinski definition) is 1. The lowest BCUT2D eigenvalue weighted by Gasteiger charge is -2.29. The molecule has 0 saturated heterocycles. The molecule has 0 bridgehead atoms. The lowest BCUT2D eigenvalue weighted by Crippen LogP contribution is -2.41. The van der Waals surface area contributed by atoms with E-state index in [0.717, 1.165) is 0 Å². The van der Waals surface area contributed by atoms with E-state index in [9.17, 15) is 19.5 Å². The van der Waals surface area contributed by atoms with Gasteiger partial charge in [0.2, 0.25) is 6.79 Å². The number of pyridine rings is 1. The quantitative estimate of drug-likeness (QED) is 0.556. The summed E-state index contributed by atoms with van der Waals surface area (Å²) in [4.78, 5) is 35.9. The number of fused-ring (bicyclic) bond motifs is 2. The molecule has 8 nitrogen and oxygen atoms in total. The molecule has 0 spiro atoms. The minimum atomic E-state index is -1.46. The predicted molar refractivity (Wildman–Crippen MR) is 96.2 cm³/mol. The Morgan fingerprint density at radius 1 is 1.33 bits per heavy atom. The van der Waals surface area contributed by atoms with E-state index in [1.807, 2.05) is 11.5 Å². The molecule has 3 rings (SSSR count). The molecule has 1 aliphatic heterocycles. The minimum absolute atomic E-state index is 0.00653. The summed E-state index contributed by atoms with van der Waals surface area (Å²) >= 11 is 0. The van der Waals surface area contributed by atoms with Gasteiger partial charge in [-0.25, -0.2) is 0 Å². The molecule has 0 fully saturated rings. The number of aromatic nitrogens is 1. The van der Waals surface area contributed by atoms with Crippen molar-refractivity contribution in [1.82, 2.24) is 4.57 Å². The highest BCUT2D eigenvalue weighted by atomic mass is 16.7. The van der Waals surface area contributed by atoms with E-state index in [1.165, 1.54) is 0 Å². The highest BCUT2D eigenvalue weighted by Gasteiger charge is 2.41. The van der Waals surface area contributed by atoms with E-state index >= 15 is 0 Å². The number of nitrogens with zero attached hydrogens (tertiary/aromatic N) is 1. The summed E-state index contributed by atoms with van der Waals surface area (Å²) in [5, 5.41) is 10.3. The summed E-state index contributed by atoms with van der Waals surface area (Å²) in [6.45, 7) is 4.41. The first-order valence-corrected chi connectivity index (χ1v) is 8.74. The number of carbonyl (C=O) groups excluding carboxylic acids is 1. The molecule has 0 saturated carbocycles. The van der Waals surface area contributed by atoms with Gasteiger partial charge in [0, 0.05) is 36.2 Å². The maximum Gasteiger partial charge on any atom is 0.314 e. The van der Waals surface area contributed by atoms with Gasteiger partial charge >= 0.3 is 5.97 Å². The van der Waals surface area contributed by atoms with Crippen LogP contribution in [0.1, 0.15) is 32.3 Å². The number of carboxylic acids is 1. The van der Waals surface area contributed by atoms with Gasteiger partial charge in [0.25, 0.3) is 6.47 Å². The van der Waals surface area contributed by atoms with Crippen LogP contribution in [0.2, 0.25) is 0 Å². The van der Waals surface area contributed by atoms with E-state index in [2.05, 4.69) is 0 Å². The smallest absolute Gasteiger partial charge is 0.314 e. The summed E-state index contributed by atoms with van der Waals surface area (Å²) in [7, 11) is 0. The van der Waals surface area contributed by atoms with Crippen LogP contribution < -0.4 is 14.9 Å². The van der Waals surface area contributed by atoms with Crippen molar-refractivity contribution in [2.24, 2.45) is 0 Å². The predicted octanol–water partition coefficient (Wildman–Crippen LogP) is 2.05. The molecule has 0 radical (unpaired) electrons. The summed E-state index contributed by atoms with van der Waals surface area (Å²) in [6.07, 6.45) is 1.78. The Morgan fingerprint density at radius 3 is 2.63 bits per heavy atom. The fraction of sp³-hybridized carbons (Fsp3) is 0.421. The van der Waals surface area contributed by atoms with Gasteiger partial charge in [-0.2, -0.15) is 0 Å². The fourth-order valence-electron chi connectivity index (χ4n) is 3.54. The van der Waals surface area contributed by atoms with Crippen molar-refractivity contribution in [2.75, 3.05) is 13.4 Å². The summed E-state index contributed by atoms with van der Waals surface area (Å²) in [5.74, 6) is -0.114. The number of hydrogen-bond acceptors (Lipinski definition) is 6. The van der Waals surface area contributed by atoms with Crippen LogP contribution in [0.3, 0.4) is 0 Å². The first kappa shape index (κ1) is 18.8. The van der Waals surface area contributed by atoms with Crippen molar-refractivity contribution in [3.8, 4) is 11.5 Å². The van der Waals surface area contributed by atoms with Crippen LogP contribution in [-0.4, -0.2) is 35.5 Å². The van der Waals surface area contributed by atoms with E-state index in [0.29, 0.717) is 28.9 Å². The molecular formula is C19H21NO7. The Kier molecular flexibility index (Phi) is 5.07. The lowest BCUT2D eigenvalue weighted by atomic mass is 9.75. The van der Waals surface area contributed by atoms with Crippen LogP contribution in [-0.2, 0) is 26.3 Å². The Labute approximate surface area is 155 Å². The number of benzene rings is 1. The standard InChI is InChI=1S/C19H21NO7/c1-3-19(18(23)24,5-6-25-10-21)13-9-20(4-2)14-8-16-15(26-11-27-16)7-12(14)17(13)22/h7-10H,3-6,11H2,1-2H3,(H,23,24). The zero-order valence-corrected chi connectivity index (χ0v) is 15.2. The average Bonchev–Trinajstić information content (AvgIpc) is 3.12. The maximum absolute atomic E-state index is 13.3. The average molecular weight is 375 g/mol. The van der Waals surface area contributed by atoms with Gasteiger partial charge in [-0.05, 0) is 19.4 Å². The third kappa shape index (κ3) is 3.01. The third-order valence-electron chi connectivity index (χ3n) is 5.16. The number of aliphatic carboxylic acids is 1. The first-order valence-electron chi connectivity index (χ1n) is 8.74. The molecule has 1 aliphatic rings. The Balaban J connectivity index is 2.27. The molecular weight excluding hydrogens is 354 g/mol. The van der Waals surface area contributed by atoms with E-state index < -0.39 is 11.4 Å². The summed E-state index contributed by atoms with van der Waals surface area (Å²) < 4.78 is 17.3. The second-order valence-electron chi connectivity index (χ2n) is 6.34. The fourth-order valence-corrected chi connectivity index (χ4v) is 3.54. The van der Waals surface area contributed by atoms with Crippen LogP contribution >= 0.6 is 0 Å². The number of carbonyl (C=O) groups is 2. The van der Waals surface area contributed by atoms with Crippen molar-refractivity contribution in [3.63, 3.8) is 0 Å². The molecule has 1 N–H and O–H groups in total. The van der Waals surface area contributed by atoms with Crippen molar-refractivity contribution in [2.45, 2.75) is 38.6 Å². The Hall–Kier alpha value is -3.03. The molecule has 1 atom stereocenters. The summed E-state index contributed by atoms with van der Waals surface area (Å²) in [6, 6.07) is 3.33. The molecule has 2 heterocycles. The normalized spacial score (nSPS) is 14.7. The highest BCUT2D eigenvalue weighted by Crippen LogP contribution is 2.37. The molecule has 2 aromatic rings. The van der Waals surface area contributed by atoms with Crippen LogP contribution in [0.15, 0.2) is 23.1 Å². The van der Waals surface area contributed by atoms with Gasteiger partial charge in [0.15, 0.2) is 16.9 Å². The molecule has 0 aliphatic carbocycles. The second-order valence-corrected chi connectivity index (χ2v) is 6.34. The van der Waals surface area contributed by atoms with Crippen LogP contribution in [0, 0.1) is 0 Å². The summed E-state index contributed by atoms with van der Waals surface area (Å²) in [5.41, 5.74) is -1.01. The van der Waals surface area contributed by atoms with Gasteiger partial charge in [0.1, 0.15) is 5.41 Å². The zero-order chi connectivity index (χ0) is 19.6. The molecule has 144 valence electrons. The van der Waals surface area contributed by atoms with Gasteiger partial charge in [-0.1, -0.05) is 6.92 Å². The SMILES string of the molecule is CCn1cc(C(CC)(CCOC=O)C(=O)O)c(=O)c2cc3c(cc21)OCO3. The molecule has 1 aromatic heterocycles. The maximum atomic E-state index is 13.3. The largest absolute Gasteiger partial charge is 0.481 e. The Bertz CT molecular complexity index is 949. The van der Waals surface area contributed by atoms with Crippen LogP contribution in [0.5, 0.6) is 11.5 Å². The zero-order valence-electron chi connectivity index (χ0n) is 15.2. The van der Waals surface area contributed by atoms with Gasteiger partial charge in [-0.3, -0.25) is 14.4 Å². The first-order chi connectivity index (χ1) is 13.0. The van der Waals surface area contributed by atoms with Crippen LogP contribution in [0.25, 0.3) is 10.9 Å². The van der Waals surface area contributed by atoms with Crippen molar-refractivity contribution >= 4 is 23.3 Å². The minimum Gasteiger partial charge on any atom is -0.481 e. The van der Waals surface area contributed by atoms with Gasteiger partial charge in [0.05, 0.1) is 12.1 Å². The number of ether oxygens (including phenoxy) is 3. The third-order valence-corrected chi connectivity index (χ3v) is 5.16. The van der Waals surface area contributed by atoms with E-state index in [1.54, 1.807) is 25.3 Å². The van der Waals surface area contributed by atoms with Gasteiger partial charge < -0.3 is 23.9 Å².